The summed E-state index contributed by atoms with van der Waals surface area (Å²) >= 11 is 0. The van der Waals surface area contributed by atoms with Crippen LogP contribution in [0.1, 0.15) is 63.4 Å². The molecule has 1 aliphatic carbocycles. The number of allylic oxidation sites excluding steroid dienone is 2. The molecule has 6 heteroatoms. The van der Waals surface area contributed by atoms with Crippen LogP contribution in [0.15, 0.2) is 24.4 Å². The summed E-state index contributed by atoms with van der Waals surface area (Å²) in [5, 5.41) is 10.6. The standard InChI is InChI=1S/C23H34N4O2/c1-17(2)21-24-10-7-19(25-21)14-26-15-20(28)13-23(16-26)8-11-27(12-9-23)22(29)18-5-3-4-6-18/h3-4,7,10,17-18,20,28H,5-6,8-9,11-16H2,1-2H3. The molecule has 158 valence electrons. The largest absolute Gasteiger partial charge is 0.392 e. The number of amides is 1. The van der Waals surface area contributed by atoms with E-state index in [1.54, 1.807) is 0 Å². The monoisotopic (exact) mass is 398 g/mol. The van der Waals surface area contributed by atoms with E-state index >= 15 is 0 Å². The maximum Gasteiger partial charge on any atom is 0.226 e. The number of nitrogens with zero attached hydrogens (tertiary/aromatic N) is 4. The van der Waals surface area contributed by atoms with Crippen molar-refractivity contribution in [3.8, 4) is 0 Å². The molecule has 1 aromatic heterocycles. The fourth-order valence-corrected chi connectivity index (χ4v) is 5.24. The van der Waals surface area contributed by atoms with E-state index in [2.05, 4.69) is 40.8 Å². The van der Waals surface area contributed by atoms with E-state index in [1.807, 2.05) is 12.3 Å². The van der Waals surface area contributed by atoms with Gasteiger partial charge in [-0.3, -0.25) is 9.69 Å². The van der Waals surface area contributed by atoms with Crippen molar-refractivity contribution in [2.75, 3.05) is 26.2 Å². The number of hydrogen-bond acceptors (Lipinski definition) is 5. The van der Waals surface area contributed by atoms with Gasteiger partial charge >= 0.3 is 0 Å². The van der Waals surface area contributed by atoms with E-state index in [0.29, 0.717) is 18.4 Å². The zero-order valence-electron chi connectivity index (χ0n) is 17.8. The van der Waals surface area contributed by atoms with Crippen molar-refractivity contribution in [3.63, 3.8) is 0 Å². The first-order valence-electron chi connectivity index (χ1n) is 11.1. The molecule has 1 spiro atoms. The third-order valence-corrected chi connectivity index (χ3v) is 6.82. The van der Waals surface area contributed by atoms with E-state index in [-0.39, 0.29) is 17.4 Å². The molecule has 1 unspecified atom stereocenters. The highest BCUT2D eigenvalue weighted by molar-refractivity contribution is 5.79. The Morgan fingerprint density at radius 1 is 1.28 bits per heavy atom. The maximum absolute atomic E-state index is 12.7. The normalized spacial score (nSPS) is 25.2. The quantitative estimate of drug-likeness (QED) is 0.790. The zero-order valence-corrected chi connectivity index (χ0v) is 17.8. The molecule has 29 heavy (non-hydrogen) atoms. The van der Waals surface area contributed by atoms with Crippen LogP contribution in [0.3, 0.4) is 0 Å². The van der Waals surface area contributed by atoms with Crippen molar-refractivity contribution in [1.82, 2.24) is 19.8 Å². The Balaban J connectivity index is 1.37. The first kappa shape index (κ1) is 20.5. The van der Waals surface area contributed by atoms with Gasteiger partial charge in [-0.25, -0.2) is 9.97 Å². The number of β-amino-alcohol motifs (C(OH)–C–C–N with tert-alkyl or cyclic N) is 1. The molecule has 2 saturated heterocycles. The van der Waals surface area contributed by atoms with Gasteiger partial charge in [0.15, 0.2) is 0 Å². The summed E-state index contributed by atoms with van der Waals surface area (Å²) in [6.45, 7) is 8.27. The minimum Gasteiger partial charge on any atom is -0.392 e. The molecule has 2 fully saturated rings. The second-order valence-electron chi connectivity index (χ2n) is 9.55. The van der Waals surface area contributed by atoms with Gasteiger partial charge in [0, 0.05) is 50.8 Å². The van der Waals surface area contributed by atoms with Crippen molar-refractivity contribution in [2.24, 2.45) is 11.3 Å². The highest BCUT2D eigenvalue weighted by Crippen LogP contribution is 2.41. The number of aromatic nitrogens is 2. The molecular weight excluding hydrogens is 364 g/mol. The summed E-state index contributed by atoms with van der Waals surface area (Å²) in [4.78, 5) is 26.2. The highest BCUT2D eigenvalue weighted by Gasteiger charge is 2.42. The second kappa shape index (κ2) is 8.52. The number of likely N-dealkylation sites (tertiary alicyclic amines) is 2. The molecule has 1 amide bonds. The molecule has 4 rings (SSSR count). The molecule has 1 N–H and O–H groups in total. The maximum atomic E-state index is 12.7. The van der Waals surface area contributed by atoms with Crippen LogP contribution in [0.5, 0.6) is 0 Å². The smallest absolute Gasteiger partial charge is 0.226 e. The summed E-state index contributed by atoms with van der Waals surface area (Å²) < 4.78 is 0. The molecule has 3 heterocycles. The van der Waals surface area contributed by atoms with Crippen LogP contribution in [0.25, 0.3) is 0 Å². The Morgan fingerprint density at radius 2 is 2.00 bits per heavy atom. The summed E-state index contributed by atoms with van der Waals surface area (Å²) in [7, 11) is 0. The average molecular weight is 399 g/mol. The number of aliphatic hydroxyl groups is 1. The van der Waals surface area contributed by atoms with Crippen molar-refractivity contribution < 1.29 is 9.90 Å². The Bertz CT molecular complexity index is 747. The molecule has 0 radical (unpaired) electrons. The highest BCUT2D eigenvalue weighted by atomic mass is 16.3. The Labute approximate surface area is 174 Å². The number of carbonyl (C=O) groups is 1. The van der Waals surface area contributed by atoms with E-state index in [4.69, 9.17) is 4.98 Å². The van der Waals surface area contributed by atoms with Gasteiger partial charge in [0.2, 0.25) is 5.91 Å². The molecule has 3 aliphatic rings. The predicted octanol–water partition coefficient (Wildman–Crippen LogP) is 2.74. The van der Waals surface area contributed by atoms with Crippen LogP contribution in [0.2, 0.25) is 0 Å². The van der Waals surface area contributed by atoms with Gasteiger partial charge in [-0.2, -0.15) is 0 Å². The van der Waals surface area contributed by atoms with Crippen molar-refractivity contribution in [3.05, 3.63) is 35.9 Å². The van der Waals surface area contributed by atoms with Crippen LogP contribution < -0.4 is 0 Å². The van der Waals surface area contributed by atoms with Crippen LogP contribution >= 0.6 is 0 Å². The number of piperidine rings is 2. The fourth-order valence-electron chi connectivity index (χ4n) is 5.24. The summed E-state index contributed by atoms with van der Waals surface area (Å²) in [5.74, 6) is 1.67. The zero-order chi connectivity index (χ0) is 20.4. The topological polar surface area (TPSA) is 69.6 Å². The SMILES string of the molecule is CC(C)c1nccc(CN2CC(O)CC3(CCN(C(=O)C4CC=CC4)CC3)C2)n1. The first-order chi connectivity index (χ1) is 13.9. The Morgan fingerprint density at radius 3 is 2.69 bits per heavy atom. The molecular formula is C23H34N4O2. The van der Waals surface area contributed by atoms with Crippen molar-refractivity contribution >= 4 is 5.91 Å². The lowest BCUT2D eigenvalue weighted by Crippen LogP contribution is -2.54. The molecule has 2 aliphatic heterocycles. The summed E-state index contributed by atoms with van der Waals surface area (Å²) in [6.07, 6.45) is 10.4. The third kappa shape index (κ3) is 4.69. The molecule has 1 atom stereocenters. The van der Waals surface area contributed by atoms with Gasteiger partial charge in [-0.1, -0.05) is 26.0 Å². The van der Waals surface area contributed by atoms with Gasteiger partial charge in [0.05, 0.1) is 11.8 Å². The molecule has 1 aromatic rings. The lowest BCUT2D eigenvalue weighted by Gasteiger charge is -2.49. The van der Waals surface area contributed by atoms with Crippen LogP contribution in [-0.4, -0.2) is 63.1 Å². The van der Waals surface area contributed by atoms with Gasteiger partial charge < -0.3 is 10.0 Å². The van der Waals surface area contributed by atoms with Crippen molar-refractivity contribution in [1.29, 1.82) is 0 Å². The predicted molar refractivity (Wildman–Crippen MR) is 112 cm³/mol. The lowest BCUT2D eigenvalue weighted by atomic mass is 9.71. The minimum absolute atomic E-state index is 0.107. The van der Waals surface area contributed by atoms with Crippen LogP contribution in [0, 0.1) is 11.3 Å². The van der Waals surface area contributed by atoms with Gasteiger partial charge in [-0.15, -0.1) is 0 Å². The van der Waals surface area contributed by atoms with E-state index in [0.717, 1.165) is 69.8 Å². The number of aliphatic hydroxyl groups excluding tert-OH is 1. The number of rotatable bonds is 4. The molecule has 0 bridgehead atoms. The third-order valence-electron chi connectivity index (χ3n) is 6.82. The van der Waals surface area contributed by atoms with Gasteiger partial charge in [0.25, 0.3) is 0 Å². The lowest BCUT2D eigenvalue weighted by molar-refractivity contribution is -0.139. The summed E-state index contributed by atoms with van der Waals surface area (Å²) in [6, 6.07) is 1.98. The van der Waals surface area contributed by atoms with Gasteiger partial charge in [-0.05, 0) is 43.6 Å². The van der Waals surface area contributed by atoms with Crippen LogP contribution in [0.4, 0.5) is 0 Å². The average Bonchev–Trinajstić information content (AvgIpc) is 3.22. The molecule has 0 saturated carbocycles. The van der Waals surface area contributed by atoms with Crippen LogP contribution in [-0.2, 0) is 11.3 Å². The molecule has 6 nitrogen and oxygen atoms in total. The number of hydrogen-bond donors (Lipinski definition) is 1. The van der Waals surface area contributed by atoms with E-state index in [1.165, 1.54) is 0 Å². The Hall–Kier alpha value is -1.79. The molecule has 0 aromatic carbocycles. The van der Waals surface area contributed by atoms with E-state index < -0.39 is 0 Å². The fraction of sp³-hybridized carbons (Fsp3) is 0.696. The Kier molecular flexibility index (Phi) is 6.02. The first-order valence-corrected chi connectivity index (χ1v) is 11.1. The minimum atomic E-state index is -0.309. The second-order valence-corrected chi connectivity index (χ2v) is 9.55. The number of carbonyl (C=O) groups excluding carboxylic acids is 1. The van der Waals surface area contributed by atoms with Crippen molar-refractivity contribution in [2.45, 2.75) is 64.5 Å². The van der Waals surface area contributed by atoms with E-state index in [9.17, 15) is 9.90 Å². The van der Waals surface area contributed by atoms with Gasteiger partial charge in [0.1, 0.15) is 5.82 Å². The summed E-state index contributed by atoms with van der Waals surface area (Å²) in [5.41, 5.74) is 1.13.